The average Bonchev–Trinajstić information content (AvgIpc) is 2.45. The third-order valence-corrected chi connectivity index (χ3v) is 3.37. The number of benzene rings is 1. The van der Waals surface area contributed by atoms with Gasteiger partial charge in [-0.25, -0.2) is 0 Å². The second kappa shape index (κ2) is 6.27. The van der Waals surface area contributed by atoms with Crippen LogP contribution in [-0.2, 0) is 4.79 Å². The zero-order valence-electron chi connectivity index (χ0n) is 11.3. The quantitative estimate of drug-likeness (QED) is 0.844. The Morgan fingerprint density at radius 1 is 1.32 bits per heavy atom. The van der Waals surface area contributed by atoms with E-state index in [1.165, 1.54) is 31.0 Å². The predicted octanol–water partition coefficient (Wildman–Crippen LogP) is 2.18. The summed E-state index contributed by atoms with van der Waals surface area (Å²) in [6, 6.07) is 6.04. The molecule has 0 aliphatic carbocycles. The Balaban J connectivity index is 2.22. The van der Waals surface area contributed by atoms with E-state index in [0.29, 0.717) is 0 Å². The normalized spacial score (nSPS) is 15.7. The highest BCUT2D eigenvalue weighted by Gasteiger charge is 2.12. The Kier molecular flexibility index (Phi) is 4.44. The number of rotatable bonds is 4. The maximum absolute atomic E-state index is 10.8. The molecule has 2 rings (SSSR count). The van der Waals surface area contributed by atoms with E-state index >= 15 is 0 Å². The number of carbonyl (C=O) groups excluding carboxylic acids is 1. The van der Waals surface area contributed by atoms with Gasteiger partial charge in [-0.1, -0.05) is 0 Å². The summed E-state index contributed by atoms with van der Waals surface area (Å²) in [5.41, 5.74) is 7.14. The molecule has 0 saturated carbocycles. The maximum atomic E-state index is 10.8. The number of primary amides is 1. The fourth-order valence-electron chi connectivity index (χ4n) is 2.36. The van der Waals surface area contributed by atoms with Crippen molar-refractivity contribution in [1.29, 1.82) is 0 Å². The highest BCUT2D eigenvalue weighted by molar-refractivity contribution is 5.90. The Bertz CT molecular complexity index is 477. The van der Waals surface area contributed by atoms with Crippen molar-refractivity contribution < 1.29 is 9.53 Å². The van der Waals surface area contributed by atoms with Crippen molar-refractivity contribution in [2.24, 2.45) is 5.73 Å². The van der Waals surface area contributed by atoms with E-state index < -0.39 is 5.91 Å². The van der Waals surface area contributed by atoms with Crippen LogP contribution in [0.5, 0.6) is 5.75 Å². The monoisotopic (exact) mass is 260 g/mol. The molecule has 1 aromatic rings. The molecule has 102 valence electrons. The molecule has 1 aliphatic heterocycles. The van der Waals surface area contributed by atoms with E-state index in [-0.39, 0.29) is 0 Å². The lowest BCUT2D eigenvalue weighted by Gasteiger charge is -2.29. The Morgan fingerprint density at radius 2 is 2.05 bits per heavy atom. The Hall–Kier alpha value is -1.97. The van der Waals surface area contributed by atoms with E-state index in [1.54, 1.807) is 13.2 Å². The predicted molar refractivity (Wildman–Crippen MR) is 77.3 cm³/mol. The molecule has 0 radical (unpaired) electrons. The molecule has 1 amide bonds. The van der Waals surface area contributed by atoms with Gasteiger partial charge in [-0.3, -0.25) is 4.79 Å². The van der Waals surface area contributed by atoms with Gasteiger partial charge in [0, 0.05) is 36.5 Å². The fourth-order valence-corrected chi connectivity index (χ4v) is 2.36. The summed E-state index contributed by atoms with van der Waals surface area (Å²) in [4.78, 5) is 13.1. The minimum atomic E-state index is -0.456. The van der Waals surface area contributed by atoms with Crippen LogP contribution in [0.15, 0.2) is 24.3 Å². The highest BCUT2D eigenvalue weighted by Crippen LogP contribution is 2.28. The Morgan fingerprint density at radius 3 is 2.68 bits per heavy atom. The molecule has 0 bridgehead atoms. The molecule has 1 saturated heterocycles. The molecule has 4 nitrogen and oxygen atoms in total. The minimum absolute atomic E-state index is 0.456. The van der Waals surface area contributed by atoms with Crippen LogP contribution in [0, 0.1) is 0 Å². The van der Waals surface area contributed by atoms with Crippen LogP contribution < -0.4 is 15.4 Å². The van der Waals surface area contributed by atoms with Crippen molar-refractivity contribution in [3.05, 3.63) is 29.8 Å². The summed E-state index contributed by atoms with van der Waals surface area (Å²) >= 11 is 0. The van der Waals surface area contributed by atoms with E-state index in [9.17, 15) is 4.79 Å². The van der Waals surface area contributed by atoms with Crippen LogP contribution in [0.1, 0.15) is 24.8 Å². The zero-order valence-corrected chi connectivity index (χ0v) is 11.3. The van der Waals surface area contributed by atoms with Gasteiger partial charge in [-0.15, -0.1) is 0 Å². The second-order valence-electron chi connectivity index (χ2n) is 4.71. The van der Waals surface area contributed by atoms with Gasteiger partial charge in [0.2, 0.25) is 5.91 Å². The van der Waals surface area contributed by atoms with Crippen LogP contribution in [-0.4, -0.2) is 26.1 Å². The Labute approximate surface area is 113 Å². The molecule has 0 atom stereocenters. The van der Waals surface area contributed by atoms with Crippen molar-refractivity contribution in [2.75, 3.05) is 25.1 Å². The molecular formula is C15H20N2O2. The van der Waals surface area contributed by atoms with Crippen LogP contribution in [0.25, 0.3) is 6.08 Å². The van der Waals surface area contributed by atoms with E-state index in [0.717, 1.165) is 24.4 Å². The third kappa shape index (κ3) is 3.50. The number of ether oxygens (including phenoxy) is 1. The number of piperidine rings is 1. The molecule has 1 fully saturated rings. The largest absolute Gasteiger partial charge is 0.496 e. The highest BCUT2D eigenvalue weighted by atomic mass is 16.5. The first-order chi connectivity index (χ1) is 9.20. The maximum Gasteiger partial charge on any atom is 0.241 e. The van der Waals surface area contributed by atoms with E-state index in [2.05, 4.69) is 11.0 Å². The van der Waals surface area contributed by atoms with Gasteiger partial charge < -0.3 is 15.4 Å². The first-order valence-corrected chi connectivity index (χ1v) is 6.61. The molecular weight excluding hydrogens is 240 g/mol. The lowest BCUT2D eigenvalue weighted by molar-refractivity contribution is -0.113. The third-order valence-electron chi connectivity index (χ3n) is 3.37. The van der Waals surface area contributed by atoms with Gasteiger partial charge in [-0.05, 0) is 37.5 Å². The van der Waals surface area contributed by atoms with Crippen LogP contribution >= 0.6 is 0 Å². The number of methoxy groups -OCH3 is 1. The van der Waals surface area contributed by atoms with Crippen LogP contribution in [0.3, 0.4) is 0 Å². The summed E-state index contributed by atoms with van der Waals surface area (Å²) in [5.74, 6) is 0.308. The van der Waals surface area contributed by atoms with Crippen LogP contribution in [0.4, 0.5) is 5.69 Å². The number of carbonyl (C=O) groups is 1. The van der Waals surface area contributed by atoms with Gasteiger partial charge in [0.05, 0.1) is 7.11 Å². The molecule has 1 aliphatic rings. The molecule has 0 spiro atoms. The van der Waals surface area contributed by atoms with Crippen molar-refractivity contribution >= 4 is 17.7 Å². The smallest absolute Gasteiger partial charge is 0.241 e. The molecule has 1 heterocycles. The molecule has 1 aromatic carbocycles. The van der Waals surface area contributed by atoms with Gasteiger partial charge in [0.15, 0.2) is 0 Å². The summed E-state index contributed by atoms with van der Waals surface area (Å²) in [6.07, 6.45) is 6.82. The SMILES string of the molecule is COc1cc(N2CCCCC2)ccc1/C=C/C(N)=O. The van der Waals surface area contributed by atoms with E-state index in [4.69, 9.17) is 10.5 Å². The number of nitrogens with two attached hydrogens (primary N) is 1. The number of amides is 1. The van der Waals surface area contributed by atoms with Crippen molar-refractivity contribution in [2.45, 2.75) is 19.3 Å². The van der Waals surface area contributed by atoms with Crippen LogP contribution in [0.2, 0.25) is 0 Å². The first-order valence-electron chi connectivity index (χ1n) is 6.61. The van der Waals surface area contributed by atoms with Gasteiger partial charge >= 0.3 is 0 Å². The average molecular weight is 260 g/mol. The molecule has 0 aromatic heterocycles. The fraction of sp³-hybridized carbons (Fsp3) is 0.400. The zero-order chi connectivity index (χ0) is 13.7. The summed E-state index contributed by atoms with van der Waals surface area (Å²) in [7, 11) is 1.64. The van der Waals surface area contributed by atoms with Gasteiger partial charge in [0.1, 0.15) is 5.75 Å². The topological polar surface area (TPSA) is 55.6 Å². The number of anilines is 1. The number of nitrogens with zero attached hydrogens (tertiary/aromatic N) is 1. The summed E-state index contributed by atoms with van der Waals surface area (Å²) in [5, 5.41) is 0. The summed E-state index contributed by atoms with van der Waals surface area (Å²) in [6.45, 7) is 2.19. The van der Waals surface area contributed by atoms with Gasteiger partial charge in [0.25, 0.3) is 0 Å². The van der Waals surface area contributed by atoms with Crippen molar-refractivity contribution in [1.82, 2.24) is 0 Å². The lowest BCUT2D eigenvalue weighted by Crippen LogP contribution is -2.29. The second-order valence-corrected chi connectivity index (χ2v) is 4.71. The number of hydrogen-bond acceptors (Lipinski definition) is 3. The molecule has 2 N–H and O–H groups in total. The molecule has 0 unspecified atom stereocenters. The molecule has 19 heavy (non-hydrogen) atoms. The number of hydrogen-bond donors (Lipinski definition) is 1. The molecule has 4 heteroatoms. The van der Waals surface area contributed by atoms with Gasteiger partial charge in [-0.2, -0.15) is 0 Å². The minimum Gasteiger partial charge on any atom is -0.496 e. The van der Waals surface area contributed by atoms with Crippen molar-refractivity contribution in [3.63, 3.8) is 0 Å². The lowest BCUT2D eigenvalue weighted by atomic mass is 10.1. The first kappa shape index (κ1) is 13.5. The van der Waals surface area contributed by atoms with E-state index in [1.807, 2.05) is 12.1 Å². The van der Waals surface area contributed by atoms with Crippen molar-refractivity contribution in [3.8, 4) is 5.75 Å². The standard InChI is InChI=1S/C15H20N2O2/c1-19-14-11-13(17-9-3-2-4-10-17)7-5-12(14)6-8-15(16)18/h5-8,11H,2-4,9-10H2,1H3,(H2,16,18)/b8-6+. The summed E-state index contributed by atoms with van der Waals surface area (Å²) < 4.78 is 5.38.